The summed E-state index contributed by atoms with van der Waals surface area (Å²) in [6.07, 6.45) is 1.42. The first-order valence-corrected chi connectivity index (χ1v) is 6.67. The first kappa shape index (κ1) is 13.3. The minimum atomic E-state index is 0.451. The van der Waals surface area contributed by atoms with Crippen LogP contribution in [0.4, 0.5) is 5.69 Å². The standard InChI is InChI=1S/C16H16N2O3/c1-11-8-12(2-4-14(11)17)19-6-7-20-13-3-5-16-15(9-13)18-10-21-16/h2-5,8-10H,6-7,17H2,1H3. The van der Waals surface area contributed by atoms with Gasteiger partial charge in [0.25, 0.3) is 0 Å². The Bertz CT molecular complexity index is 752. The van der Waals surface area contributed by atoms with E-state index in [1.807, 2.05) is 43.3 Å². The van der Waals surface area contributed by atoms with E-state index in [9.17, 15) is 0 Å². The van der Waals surface area contributed by atoms with Crippen molar-refractivity contribution in [3.63, 3.8) is 0 Å². The highest BCUT2D eigenvalue weighted by molar-refractivity contribution is 5.73. The molecule has 3 rings (SSSR count). The number of benzene rings is 2. The molecule has 0 bridgehead atoms. The van der Waals surface area contributed by atoms with Gasteiger partial charge in [0, 0.05) is 11.8 Å². The maximum Gasteiger partial charge on any atom is 0.181 e. The molecule has 2 aromatic carbocycles. The van der Waals surface area contributed by atoms with Gasteiger partial charge >= 0.3 is 0 Å². The zero-order valence-corrected chi connectivity index (χ0v) is 11.7. The number of fused-ring (bicyclic) bond motifs is 1. The summed E-state index contributed by atoms with van der Waals surface area (Å²) in [4.78, 5) is 4.08. The van der Waals surface area contributed by atoms with Crippen LogP contribution in [-0.2, 0) is 0 Å². The Morgan fingerprint density at radius 3 is 2.52 bits per heavy atom. The van der Waals surface area contributed by atoms with Crippen molar-refractivity contribution in [1.29, 1.82) is 0 Å². The third-order valence-electron chi connectivity index (χ3n) is 3.16. The number of nitrogens with two attached hydrogens (primary N) is 1. The van der Waals surface area contributed by atoms with E-state index >= 15 is 0 Å². The molecule has 1 heterocycles. The zero-order chi connectivity index (χ0) is 14.7. The Kier molecular flexibility index (Phi) is 3.64. The van der Waals surface area contributed by atoms with Gasteiger partial charge in [0.05, 0.1) is 0 Å². The number of hydrogen-bond donors (Lipinski definition) is 1. The summed E-state index contributed by atoms with van der Waals surface area (Å²) in [7, 11) is 0. The summed E-state index contributed by atoms with van der Waals surface area (Å²) in [6.45, 7) is 2.86. The molecule has 0 saturated carbocycles. The minimum Gasteiger partial charge on any atom is -0.490 e. The highest BCUT2D eigenvalue weighted by Crippen LogP contribution is 2.20. The van der Waals surface area contributed by atoms with E-state index in [2.05, 4.69) is 4.98 Å². The quantitative estimate of drug-likeness (QED) is 0.575. The maximum atomic E-state index is 5.76. The number of oxazole rings is 1. The third-order valence-corrected chi connectivity index (χ3v) is 3.16. The van der Waals surface area contributed by atoms with Crippen molar-refractivity contribution in [2.45, 2.75) is 6.92 Å². The molecule has 1 aromatic heterocycles. The van der Waals surface area contributed by atoms with Crippen LogP contribution in [0, 0.1) is 6.92 Å². The van der Waals surface area contributed by atoms with E-state index in [-0.39, 0.29) is 0 Å². The Balaban J connectivity index is 1.52. The van der Waals surface area contributed by atoms with Gasteiger partial charge in [-0.15, -0.1) is 0 Å². The fraction of sp³-hybridized carbons (Fsp3) is 0.188. The molecule has 2 N–H and O–H groups in total. The highest BCUT2D eigenvalue weighted by Gasteiger charge is 2.02. The predicted molar refractivity (Wildman–Crippen MR) is 80.6 cm³/mol. The van der Waals surface area contributed by atoms with E-state index in [0.717, 1.165) is 33.8 Å². The molecule has 0 aliphatic carbocycles. The molecular formula is C16H16N2O3. The lowest BCUT2D eigenvalue weighted by Crippen LogP contribution is -2.09. The van der Waals surface area contributed by atoms with E-state index in [4.69, 9.17) is 19.6 Å². The van der Waals surface area contributed by atoms with Crippen LogP contribution in [0.15, 0.2) is 47.2 Å². The molecule has 0 fully saturated rings. The second-order valence-electron chi connectivity index (χ2n) is 4.70. The molecule has 0 spiro atoms. The molecular weight excluding hydrogens is 268 g/mol. The number of ether oxygens (including phenoxy) is 2. The fourth-order valence-electron chi connectivity index (χ4n) is 1.98. The number of aromatic nitrogens is 1. The average molecular weight is 284 g/mol. The first-order valence-electron chi connectivity index (χ1n) is 6.67. The number of rotatable bonds is 5. The number of anilines is 1. The van der Waals surface area contributed by atoms with Gasteiger partial charge in [-0.25, -0.2) is 4.98 Å². The van der Waals surface area contributed by atoms with E-state index < -0.39 is 0 Å². The van der Waals surface area contributed by atoms with Crippen LogP contribution in [0.3, 0.4) is 0 Å². The second-order valence-corrected chi connectivity index (χ2v) is 4.70. The summed E-state index contributed by atoms with van der Waals surface area (Å²) < 4.78 is 16.4. The Hall–Kier alpha value is -2.69. The van der Waals surface area contributed by atoms with Crippen LogP contribution in [-0.4, -0.2) is 18.2 Å². The molecule has 0 atom stereocenters. The van der Waals surface area contributed by atoms with Crippen molar-refractivity contribution in [2.75, 3.05) is 18.9 Å². The van der Waals surface area contributed by atoms with Crippen molar-refractivity contribution in [3.05, 3.63) is 48.4 Å². The molecule has 3 aromatic rings. The normalized spacial score (nSPS) is 10.7. The van der Waals surface area contributed by atoms with Gasteiger partial charge in [-0.1, -0.05) is 0 Å². The van der Waals surface area contributed by atoms with Crippen molar-refractivity contribution < 1.29 is 13.9 Å². The topological polar surface area (TPSA) is 70.5 Å². The van der Waals surface area contributed by atoms with Crippen LogP contribution in [0.5, 0.6) is 11.5 Å². The average Bonchev–Trinajstić information content (AvgIpc) is 2.95. The summed E-state index contributed by atoms with van der Waals surface area (Å²) in [5.41, 5.74) is 9.06. The number of aryl methyl sites for hydroxylation is 1. The van der Waals surface area contributed by atoms with Crippen LogP contribution in [0.25, 0.3) is 11.1 Å². The fourth-order valence-corrected chi connectivity index (χ4v) is 1.98. The van der Waals surface area contributed by atoms with Crippen molar-refractivity contribution in [2.24, 2.45) is 0 Å². The van der Waals surface area contributed by atoms with Gasteiger partial charge in [-0.3, -0.25) is 0 Å². The highest BCUT2D eigenvalue weighted by atomic mass is 16.5. The lowest BCUT2D eigenvalue weighted by molar-refractivity contribution is 0.217. The Morgan fingerprint density at radius 2 is 1.76 bits per heavy atom. The smallest absolute Gasteiger partial charge is 0.181 e. The molecule has 0 amide bonds. The maximum absolute atomic E-state index is 5.76. The van der Waals surface area contributed by atoms with E-state index in [1.54, 1.807) is 0 Å². The largest absolute Gasteiger partial charge is 0.490 e. The van der Waals surface area contributed by atoms with Gasteiger partial charge < -0.3 is 19.6 Å². The summed E-state index contributed by atoms with van der Waals surface area (Å²) >= 11 is 0. The summed E-state index contributed by atoms with van der Waals surface area (Å²) in [6, 6.07) is 11.1. The van der Waals surface area contributed by atoms with Crippen LogP contribution in [0.2, 0.25) is 0 Å². The predicted octanol–water partition coefficient (Wildman–Crippen LogP) is 3.18. The molecule has 21 heavy (non-hydrogen) atoms. The number of hydrogen-bond acceptors (Lipinski definition) is 5. The third kappa shape index (κ3) is 3.08. The van der Waals surface area contributed by atoms with Gasteiger partial charge in [0.1, 0.15) is 30.2 Å². The first-order chi connectivity index (χ1) is 10.2. The molecule has 5 heteroatoms. The van der Waals surface area contributed by atoms with Gasteiger partial charge in [-0.05, 0) is 42.8 Å². The van der Waals surface area contributed by atoms with E-state index in [1.165, 1.54) is 6.39 Å². The number of nitrogens with zero attached hydrogens (tertiary/aromatic N) is 1. The van der Waals surface area contributed by atoms with E-state index in [0.29, 0.717) is 13.2 Å². The lowest BCUT2D eigenvalue weighted by atomic mass is 10.2. The lowest BCUT2D eigenvalue weighted by Gasteiger charge is -2.09. The molecule has 0 radical (unpaired) electrons. The molecule has 0 unspecified atom stereocenters. The summed E-state index contributed by atoms with van der Waals surface area (Å²) in [5, 5.41) is 0. The second kappa shape index (κ2) is 5.75. The van der Waals surface area contributed by atoms with Gasteiger partial charge in [-0.2, -0.15) is 0 Å². The van der Waals surface area contributed by atoms with Crippen molar-refractivity contribution in [1.82, 2.24) is 4.98 Å². The van der Waals surface area contributed by atoms with Gasteiger partial charge in [0.2, 0.25) is 0 Å². The minimum absolute atomic E-state index is 0.451. The monoisotopic (exact) mass is 284 g/mol. The van der Waals surface area contributed by atoms with Gasteiger partial charge in [0.15, 0.2) is 12.0 Å². The Morgan fingerprint density at radius 1 is 1.05 bits per heavy atom. The molecule has 0 aliphatic heterocycles. The Labute approximate surface area is 122 Å². The molecule has 0 saturated heterocycles. The van der Waals surface area contributed by atoms with Crippen LogP contribution in [0.1, 0.15) is 5.56 Å². The zero-order valence-electron chi connectivity index (χ0n) is 11.7. The van der Waals surface area contributed by atoms with Crippen LogP contribution >= 0.6 is 0 Å². The number of nitrogen functional groups attached to an aromatic ring is 1. The van der Waals surface area contributed by atoms with Crippen LogP contribution < -0.4 is 15.2 Å². The molecule has 0 aliphatic rings. The molecule has 5 nitrogen and oxygen atoms in total. The van der Waals surface area contributed by atoms with Crippen molar-refractivity contribution >= 4 is 16.8 Å². The van der Waals surface area contributed by atoms with Crippen molar-refractivity contribution in [3.8, 4) is 11.5 Å². The molecule has 108 valence electrons. The summed E-state index contributed by atoms with van der Waals surface area (Å²) in [5.74, 6) is 1.53. The SMILES string of the molecule is Cc1cc(OCCOc2ccc3ocnc3c2)ccc1N.